The summed E-state index contributed by atoms with van der Waals surface area (Å²) < 4.78 is 0. The molecule has 19 heavy (non-hydrogen) atoms. The zero-order valence-electron chi connectivity index (χ0n) is 11.8. The van der Waals surface area contributed by atoms with Gasteiger partial charge in [-0.25, -0.2) is 0 Å². The Kier molecular flexibility index (Phi) is 5.05. The fourth-order valence-electron chi connectivity index (χ4n) is 1.99. The molecule has 0 saturated carbocycles. The third-order valence-electron chi connectivity index (χ3n) is 3.37. The first-order valence-corrected chi connectivity index (χ1v) is 7.60. The van der Waals surface area contributed by atoms with Gasteiger partial charge < -0.3 is 5.32 Å². The number of hydrogen-bond acceptors (Lipinski definition) is 4. The summed E-state index contributed by atoms with van der Waals surface area (Å²) >= 11 is 1.72. The van der Waals surface area contributed by atoms with Crippen molar-refractivity contribution in [3.8, 4) is 0 Å². The lowest BCUT2D eigenvalue weighted by Crippen LogP contribution is -2.17. The number of rotatable bonds is 6. The molecular formula is C15H21N3S. The van der Waals surface area contributed by atoms with Gasteiger partial charge in [-0.1, -0.05) is 61.9 Å². The van der Waals surface area contributed by atoms with Crippen molar-refractivity contribution in [3.05, 3.63) is 45.9 Å². The van der Waals surface area contributed by atoms with Gasteiger partial charge in [0.15, 0.2) is 0 Å². The van der Waals surface area contributed by atoms with E-state index in [1.54, 1.807) is 11.3 Å². The van der Waals surface area contributed by atoms with E-state index in [9.17, 15) is 0 Å². The number of nitrogens with zero attached hydrogens (tertiary/aromatic N) is 2. The van der Waals surface area contributed by atoms with Crippen LogP contribution in [0.3, 0.4) is 0 Å². The van der Waals surface area contributed by atoms with Gasteiger partial charge >= 0.3 is 0 Å². The molecule has 0 aliphatic rings. The maximum absolute atomic E-state index is 4.36. The monoisotopic (exact) mass is 275 g/mol. The number of benzene rings is 1. The first-order valence-electron chi connectivity index (χ1n) is 6.79. The fraction of sp³-hybridized carbons (Fsp3) is 0.467. The Bertz CT molecular complexity index is 495. The van der Waals surface area contributed by atoms with E-state index in [0.29, 0.717) is 5.92 Å². The standard InChI is InChI=1S/C15H21N3S/c1-4-11(2)10-13-17-18-15(19-13)14(16-3)12-8-6-5-7-9-12/h5-9,11,14,16H,4,10H2,1-3H3. The molecule has 1 heterocycles. The van der Waals surface area contributed by atoms with Crippen LogP contribution in [0.4, 0.5) is 0 Å². The molecule has 0 aliphatic carbocycles. The first-order chi connectivity index (χ1) is 9.24. The van der Waals surface area contributed by atoms with Gasteiger partial charge in [0.05, 0.1) is 6.04 Å². The Morgan fingerprint density at radius 2 is 1.95 bits per heavy atom. The van der Waals surface area contributed by atoms with Gasteiger partial charge in [-0.3, -0.25) is 0 Å². The molecule has 1 aromatic carbocycles. The molecule has 0 radical (unpaired) electrons. The Morgan fingerprint density at radius 1 is 1.21 bits per heavy atom. The van der Waals surface area contributed by atoms with E-state index < -0.39 is 0 Å². The minimum atomic E-state index is 0.143. The Balaban J connectivity index is 2.16. The summed E-state index contributed by atoms with van der Waals surface area (Å²) in [7, 11) is 1.97. The van der Waals surface area contributed by atoms with Gasteiger partial charge in [-0.05, 0) is 18.5 Å². The normalized spacial score (nSPS) is 14.3. The molecule has 0 fully saturated rings. The van der Waals surface area contributed by atoms with E-state index in [1.165, 1.54) is 12.0 Å². The summed E-state index contributed by atoms with van der Waals surface area (Å²) in [6.45, 7) is 4.47. The van der Waals surface area contributed by atoms with E-state index in [2.05, 4.69) is 53.6 Å². The molecular weight excluding hydrogens is 254 g/mol. The molecule has 2 atom stereocenters. The van der Waals surface area contributed by atoms with Crippen LogP contribution in [0.2, 0.25) is 0 Å². The van der Waals surface area contributed by atoms with Crippen LogP contribution >= 0.6 is 11.3 Å². The van der Waals surface area contributed by atoms with Gasteiger partial charge in [0.25, 0.3) is 0 Å². The minimum Gasteiger partial charge on any atom is -0.307 e. The Labute approximate surface area is 119 Å². The molecule has 0 amide bonds. The molecule has 102 valence electrons. The molecule has 1 N–H and O–H groups in total. The SMILES string of the molecule is CCC(C)Cc1nnc(C(NC)c2ccccc2)s1. The van der Waals surface area contributed by atoms with Crippen molar-refractivity contribution < 1.29 is 0 Å². The van der Waals surface area contributed by atoms with Gasteiger partial charge in [-0.2, -0.15) is 0 Å². The molecule has 0 saturated heterocycles. The summed E-state index contributed by atoms with van der Waals surface area (Å²) in [4.78, 5) is 0. The third kappa shape index (κ3) is 3.61. The Morgan fingerprint density at radius 3 is 2.58 bits per heavy atom. The third-order valence-corrected chi connectivity index (χ3v) is 4.38. The quantitative estimate of drug-likeness (QED) is 0.877. The summed E-state index contributed by atoms with van der Waals surface area (Å²) in [5.41, 5.74) is 1.23. The molecule has 0 bridgehead atoms. The van der Waals surface area contributed by atoms with Crippen LogP contribution in [-0.4, -0.2) is 17.2 Å². The van der Waals surface area contributed by atoms with Crippen LogP contribution in [0.1, 0.15) is 41.9 Å². The zero-order valence-corrected chi connectivity index (χ0v) is 12.6. The molecule has 4 heteroatoms. The van der Waals surface area contributed by atoms with Crippen molar-refractivity contribution in [2.24, 2.45) is 5.92 Å². The first kappa shape index (κ1) is 14.2. The summed E-state index contributed by atoms with van der Waals surface area (Å²) in [5.74, 6) is 0.672. The van der Waals surface area contributed by atoms with Crippen LogP contribution in [0.5, 0.6) is 0 Å². The van der Waals surface area contributed by atoms with Crippen LogP contribution in [0.25, 0.3) is 0 Å². The number of nitrogens with one attached hydrogen (secondary N) is 1. The van der Waals surface area contributed by atoms with Crippen molar-refractivity contribution in [2.75, 3.05) is 7.05 Å². The van der Waals surface area contributed by atoms with E-state index in [-0.39, 0.29) is 6.04 Å². The maximum Gasteiger partial charge on any atom is 0.139 e. The summed E-state index contributed by atoms with van der Waals surface area (Å²) in [5, 5.41) is 14.2. The van der Waals surface area contributed by atoms with Crippen molar-refractivity contribution >= 4 is 11.3 Å². The molecule has 0 aliphatic heterocycles. The van der Waals surface area contributed by atoms with Crippen LogP contribution in [-0.2, 0) is 6.42 Å². The number of hydrogen-bond donors (Lipinski definition) is 1. The maximum atomic E-state index is 4.36. The summed E-state index contributed by atoms with van der Waals surface area (Å²) in [6.07, 6.45) is 2.21. The highest BCUT2D eigenvalue weighted by Gasteiger charge is 2.17. The van der Waals surface area contributed by atoms with Gasteiger partial charge in [0, 0.05) is 6.42 Å². The average Bonchev–Trinajstić information content (AvgIpc) is 2.89. The van der Waals surface area contributed by atoms with E-state index in [4.69, 9.17) is 0 Å². The summed E-state index contributed by atoms with van der Waals surface area (Å²) in [6, 6.07) is 10.5. The van der Waals surface area contributed by atoms with Gasteiger partial charge in [0.2, 0.25) is 0 Å². The predicted molar refractivity (Wildman–Crippen MR) is 80.4 cm³/mol. The smallest absolute Gasteiger partial charge is 0.139 e. The molecule has 3 nitrogen and oxygen atoms in total. The van der Waals surface area contributed by atoms with E-state index in [1.807, 2.05) is 13.1 Å². The zero-order chi connectivity index (χ0) is 13.7. The predicted octanol–water partition coefficient (Wildman–Crippen LogP) is 3.44. The van der Waals surface area contributed by atoms with Crippen LogP contribution < -0.4 is 5.32 Å². The lowest BCUT2D eigenvalue weighted by Gasteiger charge is -2.12. The largest absolute Gasteiger partial charge is 0.307 e. The molecule has 2 rings (SSSR count). The number of aromatic nitrogens is 2. The van der Waals surface area contributed by atoms with Gasteiger partial charge in [0.1, 0.15) is 10.0 Å². The molecule has 0 spiro atoms. The Hall–Kier alpha value is -1.26. The van der Waals surface area contributed by atoms with Crippen molar-refractivity contribution in [3.63, 3.8) is 0 Å². The van der Waals surface area contributed by atoms with E-state index >= 15 is 0 Å². The molecule has 2 aromatic rings. The van der Waals surface area contributed by atoms with E-state index in [0.717, 1.165) is 16.4 Å². The fourth-order valence-corrected chi connectivity index (χ4v) is 3.13. The van der Waals surface area contributed by atoms with Gasteiger partial charge in [-0.15, -0.1) is 10.2 Å². The average molecular weight is 275 g/mol. The minimum absolute atomic E-state index is 0.143. The highest BCUT2D eigenvalue weighted by molar-refractivity contribution is 7.11. The highest BCUT2D eigenvalue weighted by Crippen LogP contribution is 2.25. The topological polar surface area (TPSA) is 37.8 Å². The van der Waals surface area contributed by atoms with Crippen molar-refractivity contribution in [1.29, 1.82) is 0 Å². The molecule has 1 aromatic heterocycles. The highest BCUT2D eigenvalue weighted by atomic mass is 32.1. The van der Waals surface area contributed by atoms with Crippen LogP contribution in [0, 0.1) is 5.92 Å². The second-order valence-corrected chi connectivity index (χ2v) is 5.98. The second-order valence-electron chi connectivity index (χ2n) is 4.88. The van der Waals surface area contributed by atoms with Crippen molar-refractivity contribution in [1.82, 2.24) is 15.5 Å². The lowest BCUT2D eigenvalue weighted by atomic mass is 10.1. The lowest BCUT2D eigenvalue weighted by molar-refractivity contribution is 0.556. The molecule has 2 unspecified atom stereocenters. The second kappa shape index (κ2) is 6.78. The van der Waals surface area contributed by atoms with Crippen molar-refractivity contribution in [2.45, 2.75) is 32.7 Å². The van der Waals surface area contributed by atoms with Crippen LogP contribution in [0.15, 0.2) is 30.3 Å².